The SMILES string of the molecule is C[C@@H](COCc1ccccc1)Cc1nc(Cl)c(C#N)c(-c2ccc(Cl)c(Cl)c2)n1. The van der Waals surface area contributed by atoms with E-state index in [0.717, 1.165) is 5.56 Å². The van der Waals surface area contributed by atoms with Crippen molar-refractivity contribution >= 4 is 34.8 Å². The molecule has 0 saturated carbocycles. The fourth-order valence-electron chi connectivity index (χ4n) is 2.84. The van der Waals surface area contributed by atoms with Gasteiger partial charge < -0.3 is 4.74 Å². The smallest absolute Gasteiger partial charge is 0.151 e. The Bertz CT molecular complexity index is 1040. The highest BCUT2D eigenvalue weighted by atomic mass is 35.5. The summed E-state index contributed by atoms with van der Waals surface area (Å²) in [6.07, 6.45) is 0.564. The number of ether oxygens (including phenoxy) is 1. The number of benzene rings is 2. The maximum Gasteiger partial charge on any atom is 0.151 e. The molecule has 0 aliphatic heterocycles. The number of rotatable bonds is 7. The molecule has 2 aromatic carbocycles. The number of nitrogens with zero attached hydrogens (tertiary/aromatic N) is 3. The highest BCUT2D eigenvalue weighted by molar-refractivity contribution is 6.42. The van der Waals surface area contributed by atoms with Gasteiger partial charge in [0, 0.05) is 12.0 Å². The molecule has 0 aliphatic carbocycles. The predicted octanol–water partition coefficient (Wildman–Crippen LogP) is 6.37. The van der Waals surface area contributed by atoms with Crippen LogP contribution >= 0.6 is 34.8 Å². The number of hydrogen-bond donors (Lipinski definition) is 0. The van der Waals surface area contributed by atoms with E-state index in [0.29, 0.717) is 46.8 Å². The normalized spacial score (nSPS) is 11.8. The molecular weight excluding hydrogens is 429 g/mol. The summed E-state index contributed by atoms with van der Waals surface area (Å²) in [4.78, 5) is 8.87. The summed E-state index contributed by atoms with van der Waals surface area (Å²) in [5.41, 5.74) is 2.44. The summed E-state index contributed by atoms with van der Waals surface area (Å²) in [5.74, 6) is 0.718. The summed E-state index contributed by atoms with van der Waals surface area (Å²) < 4.78 is 5.80. The molecule has 0 saturated heterocycles. The lowest BCUT2D eigenvalue weighted by Gasteiger charge is -2.13. The maximum absolute atomic E-state index is 9.49. The van der Waals surface area contributed by atoms with E-state index in [4.69, 9.17) is 39.5 Å². The van der Waals surface area contributed by atoms with Gasteiger partial charge in [-0.25, -0.2) is 9.97 Å². The van der Waals surface area contributed by atoms with E-state index in [1.54, 1.807) is 18.2 Å². The van der Waals surface area contributed by atoms with Crippen molar-refractivity contribution in [3.63, 3.8) is 0 Å². The molecule has 0 aliphatic rings. The lowest BCUT2D eigenvalue weighted by atomic mass is 10.1. The molecule has 3 aromatic rings. The number of aromatic nitrogens is 2. The zero-order chi connectivity index (χ0) is 20.8. The Morgan fingerprint density at radius 3 is 2.48 bits per heavy atom. The lowest BCUT2D eigenvalue weighted by Crippen LogP contribution is -2.12. The Hall–Kier alpha value is -2.16. The molecule has 0 radical (unpaired) electrons. The van der Waals surface area contributed by atoms with E-state index in [9.17, 15) is 5.26 Å². The zero-order valence-corrected chi connectivity index (χ0v) is 18.0. The Morgan fingerprint density at radius 1 is 1.03 bits per heavy atom. The van der Waals surface area contributed by atoms with Crippen molar-refractivity contribution in [2.45, 2.75) is 20.0 Å². The zero-order valence-electron chi connectivity index (χ0n) is 15.7. The van der Waals surface area contributed by atoms with E-state index >= 15 is 0 Å². The van der Waals surface area contributed by atoms with Gasteiger partial charge in [-0.2, -0.15) is 5.26 Å². The van der Waals surface area contributed by atoms with Crippen LogP contribution in [0.3, 0.4) is 0 Å². The van der Waals surface area contributed by atoms with Crippen LogP contribution in [0.5, 0.6) is 0 Å². The standard InChI is InChI=1S/C22H18Cl3N3O/c1-14(12-29-13-15-5-3-2-4-6-15)9-20-27-21(17(11-26)22(25)28-20)16-7-8-18(23)19(24)10-16/h2-8,10,14H,9,12-13H2,1H3/t14-/m1/s1. The molecule has 1 aromatic heterocycles. The van der Waals surface area contributed by atoms with Gasteiger partial charge in [0.05, 0.1) is 29.0 Å². The first-order chi connectivity index (χ1) is 14.0. The van der Waals surface area contributed by atoms with Gasteiger partial charge in [0.25, 0.3) is 0 Å². The number of halogens is 3. The number of nitriles is 1. The van der Waals surface area contributed by atoms with Gasteiger partial charge in [0.1, 0.15) is 17.5 Å². The topological polar surface area (TPSA) is 58.8 Å². The van der Waals surface area contributed by atoms with Crippen LogP contribution in [-0.4, -0.2) is 16.6 Å². The summed E-state index contributed by atoms with van der Waals surface area (Å²) in [6, 6.07) is 17.2. The molecule has 0 unspecified atom stereocenters. The molecule has 0 spiro atoms. The first kappa shape index (κ1) is 21.5. The second kappa shape index (κ2) is 10.0. The number of hydrogen-bond acceptors (Lipinski definition) is 4. The minimum absolute atomic E-state index is 0.121. The van der Waals surface area contributed by atoms with Crippen LogP contribution in [0.1, 0.15) is 23.9 Å². The highest BCUT2D eigenvalue weighted by Gasteiger charge is 2.17. The summed E-state index contributed by atoms with van der Waals surface area (Å²) in [6.45, 7) is 3.16. The average molecular weight is 447 g/mol. The van der Waals surface area contributed by atoms with Crippen molar-refractivity contribution in [1.29, 1.82) is 5.26 Å². The van der Waals surface area contributed by atoms with Crippen LogP contribution in [0.25, 0.3) is 11.3 Å². The second-order valence-corrected chi connectivity index (χ2v) is 7.88. The first-order valence-electron chi connectivity index (χ1n) is 9.01. The predicted molar refractivity (Wildman–Crippen MR) is 116 cm³/mol. The lowest BCUT2D eigenvalue weighted by molar-refractivity contribution is 0.0916. The molecule has 3 rings (SSSR count). The molecule has 148 valence electrons. The molecule has 1 heterocycles. The molecule has 29 heavy (non-hydrogen) atoms. The first-order valence-corrected chi connectivity index (χ1v) is 10.1. The van der Waals surface area contributed by atoms with Crippen LogP contribution in [0.15, 0.2) is 48.5 Å². The van der Waals surface area contributed by atoms with Gasteiger partial charge in [0.15, 0.2) is 5.15 Å². The van der Waals surface area contributed by atoms with Crippen LogP contribution < -0.4 is 0 Å². The van der Waals surface area contributed by atoms with Crippen molar-refractivity contribution in [1.82, 2.24) is 9.97 Å². The molecule has 1 atom stereocenters. The van der Waals surface area contributed by atoms with Gasteiger partial charge in [-0.05, 0) is 23.6 Å². The Labute approximate surface area is 185 Å². The highest BCUT2D eigenvalue weighted by Crippen LogP contribution is 2.31. The van der Waals surface area contributed by atoms with E-state index in [2.05, 4.69) is 23.0 Å². The van der Waals surface area contributed by atoms with Gasteiger partial charge >= 0.3 is 0 Å². The van der Waals surface area contributed by atoms with Crippen molar-refractivity contribution in [3.8, 4) is 17.3 Å². The molecule has 0 fully saturated rings. The van der Waals surface area contributed by atoms with Gasteiger partial charge in [-0.1, -0.05) is 78.1 Å². The van der Waals surface area contributed by atoms with E-state index in [-0.39, 0.29) is 16.6 Å². The molecule has 0 N–H and O–H groups in total. The molecule has 0 bridgehead atoms. The summed E-state index contributed by atoms with van der Waals surface area (Å²) in [7, 11) is 0. The van der Waals surface area contributed by atoms with Crippen LogP contribution in [0.2, 0.25) is 15.2 Å². The minimum atomic E-state index is 0.121. The largest absolute Gasteiger partial charge is 0.376 e. The van der Waals surface area contributed by atoms with E-state index in [1.165, 1.54) is 0 Å². The average Bonchev–Trinajstić information content (AvgIpc) is 2.70. The fraction of sp³-hybridized carbons (Fsp3) is 0.227. The minimum Gasteiger partial charge on any atom is -0.376 e. The third kappa shape index (κ3) is 5.68. The van der Waals surface area contributed by atoms with Crippen LogP contribution in [0.4, 0.5) is 0 Å². The Kier molecular flexibility index (Phi) is 7.46. The molecule has 0 amide bonds. The van der Waals surface area contributed by atoms with Crippen LogP contribution in [-0.2, 0) is 17.8 Å². The van der Waals surface area contributed by atoms with Crippen molar-refractivity contribution in [2.24, 2.45) is 5.92 Å². The van der Waals surface area contributed by atoms with Gasteiger partial charge in [-0.3, -0.25) is 0 Å². The summed E-state index contributed by atoms with van der Waals surface area (Å²) >= 11 is 18.4. The molecule has 7 heteroatoms. The fourth-order valence-corrected chi connectivity index (χ4v) is 3.37. The third-order valence-corrected chi connectivity index (χ3v) is 5.27. The Balaban J connectivity index is 1.75. The second-order valence-electron chi connectivity index (χ2n) is 6.70. The molecular formula is C22H18Cl3N3O. The van der Waals surface area contributed by atoms with Crippen molar-refractivity contribution in [2.75, 3.05) is 6.61 Å². The van der Waals surface area contributed by atoms with Crippen molar-refractivity contribution in [3.05, 3.63) is 80.7 Å². The summed E-state index contributed by atoms with van der Waals surface area (Å²) in [5, 5.41) is 10.4. The quantitative estimate of drug-likeness (QED) is 0.396. The monoisotopic (exact) mass is 445 g/mol. The van der Waals surface area contributed by atoms with E-state index < -0.39 is 0 Å². The van der Waals surface area contributed by atoms with Gasteiger partial charge in [0.2, 0.25) is 0 Å². The third-order valence-electron chi connectivity index (χ3n) is 4.26. The Morgan fingerprint density at radius 2 is 1.79 bits per heavy atom. The molecule has 4 nitrogen and oxygen atoms in total. The van der Waals surface area contributed by atoms with E-state index in [1.807, 2.05) is 30.3 Å². The van der Waals surface area contributed by atoms with Crippen LogP contribution in [0, 0.1) is 17.2 Å². The van der Waals surface area contributed by atoms with Gasteiger partial charge in [-0.15, -0.1) is 0 Å². The maximum atomic E-state index is 9.49. The van der Waals surface area contributed by atoms with Crippen molar-refractivity contribution < 1.29 is 4.74 Å².